The highest BCUT2D eigenvalue weighted by Gasteiger charge is 2.39. The van der Waals surface area contributed by atoms with Gasteiger partial charge in [0.05, 0.1) is 30.9 Å². The number of rotatable bonds is 10. The fourth-order valence-electron chi connectivity index (χ4n) is 3.88. The predicted octanol–water partition coefficient (Wildman–Crippen LogP) is 4.88. The van der Waals surface area contributed by atoms with E-state index in [4.69, 9.17) is 21.1 Å². The van der Waals surface area contributed by atoms with Gasteiger partial charge in [-0.15, -0.1) is 0 Å². The van der Waals surface area contributed by atoms with Crippen LogP contribution in [0.25, 0.3) is 0 Å². The van der Waals surface area contributed by atoms with Gasteiger partial charge in [-0.25, -0.2) is 9.69 Å². The molecule has 3 amide bonds. The summed E-state index contributed by atoms with van der Waals surface area (Å²) in [5.74, 6) is -1.32. The summed E-state index contributed by atoms with van der Waals surface area (Å²) in [6.45, 7) is 4.34. The molecule has 1 aliphatic rings. The second kappa shape index (κ2) is 12.3. The van der Waals surface area contributed by atoms with Crippen molar-refractivity contribution in [2.75, 3.05) is 28.7 Å². The van der Waals surface area contributed by atoms with Crippen molar-refractivity contribution in [3.05, 3.63) is 94.7 Å². The van der Waals surface area contributed by atoms with Crippen molar-refractivity contribution < 1.29 is 28.7 Å². The minimum Gasteiger partial charge on any atom is -0.494 e. The number of hydrogen-bond donors (Lipinski definition) is 2. The summed E-state index contributed by atoms with van der Waals surface area (Å²) in [7, 11) is 0. The van der Waals surface area contributed by atoms with Crippen molar-refractivity contribution in [2.45, 2.75) is 20.3 Å². The molecule has 0 fully saturated rings. The predicted molar refractivity (Wildman–Crippen MR) is 148 cm³/mol. The van der Waals surface area contributed by atoms with Crippen LogP contribution in [0, 0.1) is 0 Å². The van der Waals surface area contributed by atoms with E-state index in [1.165, 1.54) is 0 Å². The quantitative estimate of drug-likeness (QED) is 0.275. The van der Waals surface area contributed by atoms with Crippen LogP contribution in [0.3, 0.4) is 0 Å². The van der Waals surface area contributed by atoms with E-state index >= 15 is 0 Å². The molecule has 0 bridgehead atoms. The van der Waals surface area contributed by atoms with E-state index < -0.39 is 17.8 Å². The van der Waals surface area contributed by atoms with Gasteiger partial charge in [0.25, 0.3) is 11.8 Å². The molecule has 39 heavy (non-hydrogen) atoms. The number of nitrogens with zero attached hydrogens (tertiary/aromatic N) is 1. The summed E-state index contributed by atoms with van der Waals surface area (Å²) in [6, 6.07) is 19.9. The van der Waals surface area contributed by atoms with Gasteiger partial charge < -0.3 is 20.1 Å². The normalized spacial score (nSPS) is 12.9. The van der Waals surface area contributed by atoms with E-state index in [-0.39, 0.29) is 29.7 Å². The highest BCUT2D eigenvalue weighted by molar-refractivity contribution is 6.53. The first kappa shape index (κ1) is 27.4. The van der Waals surface area contributed by atoms with Crippen LogP contribution in [0.2, 0.25) is 0 Å². The zero-order valence-corrected chi connectivity index (χ0v) is 22.1. The number of esters is 1. The van der Waals surface area contributed by atoms with Gasteiger partial charge in [-0.1, -0.05) is 29.8 Å². The summed E-state index contributed by atoms with van der Waals surface area (Å²) in [5.41, 5.74) is 2.39. The first-order valence-corrected chi connectivity index (χ1v) is 12.6. The third kappa shape index (κ3) is 6.45. The molecule has 9 nitrogen and oxygen atoms in total. The Balaban J connectivity index is 1.38. The Morgan fingerprint density at radius 1 is 0.872 bits per heavy atom. The Labute approximate surface area is 230 Å². The zero-order chi connectivity index (χ0) is 27.9. The zero-order valence-electron chi connectivity index (χ0n) is 21.3. The van der Waals surface area contributed by atoms with Crippen molar-refractivity contribution in [3.8, 4) is 5.75 Å². The van der Waals surface area contributed by atoms with Crippen molar-refractivity contribution >= 4 is 52.4 Å². The summed E-state index contributed by atoms with van der Waals surface area (Å²) in [5, 5.41) is 5.46. The van der Waals surface area contributed by atoms with Gasteiger partial charge in [0.1, 0.15) is 16.5 Å². The smallest absolute Gasteiger partial charge is 0.338 e. The number of amides is 3. The number of carbonyl (C=O) groups is 4. The Morgan fingerprint density at radius 2 is 1.59 bits per heavy atom. The molecule has 0 atom stereocenters. The SMILES string of the molecule is CCOC(=O)c1cccc(NC(=O)Cc2ccc(NC3=C(Cl)C(=O)N(c4ccc(OCC)cc4)C3=O)cc2)c1. The van der Waals surface area contributed by atoms with Crippen molar-refractivity contribution in [1.29, 1.82) is 0 Å². The van der Waals surface area contributed by atoms with Crippen LogP contribution in [0.1, 0.15) is 29.8 Å². The lowest BCUT2D eigenvalue weighted by atomic mass is 10.1. The molecule has 0 saturated heterocycles. The van der Waals surface area contributed by atoms with Gasteiger partial charge in [-0.3, -0.25) is 14.4 Å². The average molecular weight is 548 g/mol. The molecule has 0 spiro atoms. The second-order valence-corrected chi connectivity index (χ2v) is 8.79. The lowest BCUT2D eigenvalue weighted by Crippen LogP contribution is -2.32. The molecule has 0 aromatic heterocycles. The van der Waals surface area contributed by atoms with Crippen molar-refractivity contribution in [3.63, 3.8) is 0 Å². The highest BCUT2D eigenvalue weighted by Crippen LogP contribution is 2.31. The topological polar surface area (TPSA) is 114 Å². The van der Waals surface area contributed by atoms with Crippen LogP contribution in [0.15, 0.2) is 83.5 Å². The molecule has 4 rings (SSSR count). The fourth-order valence-corrected chi connectivity index (χ4v) is 4.10. The summed E-state index contributed by atoms with van der Waals surface area (Å²) in [4.78, 5) is 51.2. The number of anilines is 3. The van der Waals surface area contributed by atoms with Crippen LogP contribution in [0.5, 0.6) is 5.75 Å². The Hall–Kier alpha value is -4.63. The van der Waals surface area contributed by atoms with E-state index in [9.17, 15) is 19.2 Å². The third-order valence-electron chi connectivity index (χ3n) is 5.68. The van der Waals surface area contributed by atoms with E-state index in [0.29, 0.717) is 40.5 Å². The van der Waals surface area contributed by atoms with Crippen molar-refractivity contribution in [2.24, 2.45) is 0 Å². The molecule has 0 aliphatic carbocycles. The first-order chi connectivity index (χ1) is 18.8. The van der Waals surface area contributed by atoms with Gasteiger partial charge in [0, 0.05) is 11.4 Å². The van der Waals surface area contributed by atoms with Gasteiger partial charge in [-0.05, 0) is 74.0 Å². The molecular weight excluding hydrogens is 522 g/mol. The number of carbonyl (C=O) groups excluding carboxylic acids is 4. The van der Waals surface area contributed by atoms with Gasteiger partial charge in [-0.2, -0.15) is 0 Å². The summed E-state index contributed by atoms with van der Waals surface area (Å²) >= 11 is 6.22. The molecule has 3 aromatic carbocycles. The minimum atomic E-state index is -0.631. The number of imide groups is 1. The van der Waals surface area contributed by atoms with Crippen LogP contribution in [-0.4, -0.2) is 36.9 Å². The number of nitrogens with one attached hydrogen (secondary N) is 2. The molecule has 10 heteroatoms. The maximum Gasteiger partial charge on any atom is 0.338 e. The number of benzene rings is 3. The van der Waals surface area contributed by atoms with E-state index in [2.05, 4.69) is 10.6 Å². The first-order valence-electron chi connectivity index (χ1n) is 12.2. The van der Waals surface area contributed by atoms with Crippen LogP contribution in [-0.2, 0) is 25.5 Å². The molecule has 0 unspecified atom stereocenters. The summed E-state index contributed by atoms with van der Waals surface area (Å²) < 4.78 is 10.4. The van der Waals surface area contributed by atoms with Crippen molar-refractivity contribution in [1.82, 2.24) is 0 Å². The minimum absolute atomic E-state index is 0.0393. The van der Waals surface area contributed by atoms with Crippen LogP contribution in [0.4, 0.5) is 17.1 Å². The number of halogens is 1. The number of ether oxygens (including phenoxy) is 2. The Morgan fingerprint density at radius 3 is 2.26 bits per heavy atom. The molecule has 3 aromatic rings. The Bertz CT molecular complexity index is 1430. The summed E-state index contributed by atoms with van der Waals surface area (Å²) in [6.07, 6.45) is 0.0797. The highest BCUT2D eigenvalue weighted by atomic mass is 35.5. The second-order valence-electron chi connectivity index (χ2n) is 8.41. The molecule has 1 heterocycles. The van der Waals surface area contributed by atoms with Gasteiger partial charge >= 0.3 is 5.97 Å². The van der Waals surface area contributed by atoms with E-state index in [1.54, 1.807) is 79.7 Å². The monoisotopic (exact) mass is 547 g/mol. The van der Waals surface area contributed by atoms with Crippen LogP contribution < -0.4 is 20.3 Å². The molecule has 2 N–H and O–H groups in total. The van der Waals surface area contributed by atoms with Gasteiger partial charge in [0.15, 0.2) is 0 Å². The number of hydrogen-bond acceptors (Lipinski definition) is 7. The molecule has 1 aliphatic heterocycles. The molecule has 0 radical (unpaired) electrons. The standard InChI is InChI=1S/C29H26ClN3O6/c1-3-38-23-14-12-22(13-15-23)33-27(35)25(30)26(28(33)36)32-20-10-8-18(9-11-20)16-24(34)31-21-7-5-6-19(17-21)29(37)39-4-2/h5-15,17,32H,3-4,16H2,1-2H3,(H,31,34). The molecule has 200 valence electrons. The molecular formula is C29H26ClN3O6. The fraction of sp³-hybridized carbons (Fsp3) is 0.172. The Kier molecular flexibility index (Phi) is 8.63. The lowest BCUT2D eigenvalue weighted by Gasteiger charge is -2.15. The van der Waals surface area contributed by atoms with Crippen LogP contribution >= 0.6 is 11.6 Å². The largest absolute Gasteiger partial charge is 0.494 e. The van der Waals surface area contributed by atoms with Gasteiger partial charge in [0.2, 0.25) is 5.91 Å². The third-order valence-corrected chi connectivity index (χ3v) is 6.03. The average Bonchev–Trinajstić information content (AvgIpc) is 3.13. The maximum atomic E-state index is 13.0. The van der Waals surface area contributed by atoms with E-state index in [1.807, 2.05) is 6.92 Å². The molecule has 0 saturated carbocycles. The van der Waals surface area contributed by atoms with E-state index in [0.717, 1.165) is 4.90 Å². The lowest BCUT2D eigenvalue weighted by molar-refractivity contribution is -0.120. The maximum absolute atomic E-state index is 13.0.